The molecule has 6 heteroatoms. The van der Waals surface area contributed by atoms with Crippen molar-refractivity contribution in [2.24, 2.45) is 0 Å². The first kappa shape index (κ1) is 14.3. The minimum Gasteiger partial charge on any atom is -0.469 e. The van der Waals surface area contributed by atoms with E-state index in [0.717, 1.165) is 29.6 Å². The van der Waals surface area contributed by atoms with E-state index in [1.807, 2.05) is 25.1 Å². The first-order chi connectivity index (χ1) is 9.60. The molecule has 0 saturated heterocycles. The van der Waals surface area contributed by atoms with E-state index in [0.29, 0.717) is 6.42 Å². The van der Waals surface area contributed by atoms with E-state index in [2.05, 4.69) is 20.0 Å². The fourth-order valence-electron chi connectivity index (χ4n) is 2.09. The Bertz CT molecular complexity index is 644. The first-order valence-electron chi connectivity index (χ1n) is 6.62. The summed E-state index contributed by atoms with van der Waals surface area (Å²) in [5.74, 6) is -0.189. The van der Waals surface area contributed by atoms with Gasteiger partial charge >= 0.3 is 11.7 Å². The number of aromatic nitrogens is 2. The van der Waals surface area contributed by atoms with Crippen molar-refractivity contribution in [2.75, 3.05) is 13.7 Å². The van der Waals surface area contributed by atoms with Crippen LogP contribution in [0.1, 0.15) is 31.4 Å². The number of fused-ring (bicyclic) bond motifs is 1. The highest BCUT2D eigenvalue weighted by Crippen LogP contribution is 2.16. The van der Waals surface area contributed by atoms with E-state index >= 15 is 0 Å². The van der Waals surface area contributed by atoms with Crippen molar-refractivity contribution in [2.45, 2.75) is 25.8 Å². The summed E-state index contributed by atoms with van der Waals surface area (Å²) >= 11 is 0. The van der Waals surface area contributed by atoms with Gasteiger partial charge in [0.15, 0.2) is 0 Å². The lowest BCUT2D eigenvalue weighted by Crippen LogP contribution is -2.20. The van der Waals surface area contributed by atoms with Gasteiger partial charge in [-0.1, -0.05) is 6.07 Å². The molecule has 1 aromatic heterocycles. The Morgan fingerprint density at radius 1 is 1.35 bits per heavy atom. The fraction of sp³-hybridized carbons (Fsp3) is 0.429. The van der Waals surface area contributed by atoms with Gasteiger partial charge in [-0.25, -0.2) is 4.79 Å². The first-order valence-corrected chi connectivity index (χ1v) is 6.62. The molecule has 108 valence electrons. The Morgan fingerprint density at radius 3 is 2.85 bits per heavy atom. The number of benzene rings is 1. The summed E-state index contributed by atoms with van der Waals surface area (Å²) in [7, 11) is 1.39. The molecule has 2 aromatic rings. The van der Waals surface area contributed by atoms with Gasteiger partial charge in [-0.2, -0.15) is 0 Å². The van der Waals surface area contributed by atoms with E-state index < -0.39 is 0 Å². The Kier molecular flexibility index (Phi) is 4.57. The number of carbonyl (C=O) groups excluding carboxylic acids is 1. The summed E-state index contributed by atoms with van der Waals surface area (Å²) in [5, 5.41) is 3.34. The molecule has 6 nitrogen and oxygen atoms in total. The van der Waals surface area contributed by atoms with Crippen LogP contribution in [0.15, 0.2) is 23.0 Å². The summed E-state index contributed by atoms with van der Waals surface area (Å²) in [4.78, 5) is 27.6. The predicted molar refractivity (Wildman–Crippen MR) is 76.6 cm³/mol. The molecule has 0 saturated carbocycles. The van der Waals surface area contributed by atoms with Crippen LogP contribution in [-0.4, -0.2) is 29.6 Å². The normalized spacial score (nSPS) is 12.5. The number of nitrogens with one attached hydrogen (secondary N) is 3. The number of imidazole rings is 1. The van der Waals surface area contributed by atoms with Crippen LogP contribution in [0.25, 0.3) is 11.0 Å². The van der Waals surface area contributed by atoms with Crippen LogP contribution in [0.5, 0.6) is 0 Å². The predicted octanol–water partition coefficient (Wildman–Crippen LogP) is 1.46. The van der Waals surface area contributed by atoms with Crippen LogP contribution in [-0.2, 0) is 9.53 Å². The number of ether oxygens (including phenoxy) is 1. The highest BCUT2D eigenvalue weighted by atomic mass is 16.5. The molecular formula is C14H19N3O3. The van der Waals surface area contributed by atoms with Gasteiger partial charge in [0, 0.05) is 12.5 Å². The molecule has 0 aliphatic rings. The van der Waals surface area contributed by atoms with Crippen LogP contribution in [0, 0.1) is 0 Å². The lowest BCUT2D eigenvalue weighted by molar-refractivity contribution is -0.140. The third kappa shape index (κ3) is 3.48. The maximum Gasteiger partial charge on any atom is 0.323 e. The summed E-state index contributed by atoms with van der Waals surface area (Å²) < 4.78 is 4.59. The zero-order valence-corrected chi connectivity index (χ0v) is 11.7. The van der Waals surface area contributed by atoms with Gasteiger partial charge in [-0.05, 0) is 37.6 Å². The van der Waals surface area contributed by atoms with Crippen LogP contribution in [0.4, 0.5) is 0 Å². The number of aromatic amines is 2. The van der Waals surface area contributed by atoms with Crippen molar-refractivity contribution in [3.05, 3.63) is 34.2 Å². The summed E-state index contributed by atoms with van der Waals surface area (Å²) in [6, 6.07) is 5.96. The van der Waals surface area contributed by atoms with Gasteiger partial charge in [0.1, 0.15) is 0 Å². The van der Waals surface area contributed by atoms with Crippen LogP contribution in [0.2, 0.25) is 0 Å². The second-order valence-electron chi connectivity index (χ2n) is 4.74. The number of carbonyl (C=O) groups is 1. The molecular weight excluding hydrogens is 258 g/mol. The topological polar surface area (TPSA) is 87.0 Å². The molecule has 0 aliphatic carbocycles. The minimum absolute atomic E-state index is 0.149. The molecule has 0 aliphatic heterocycles. The molecule has 0 amide bonds. The lowest BCUT2D eigenvalue weighted by atomic mass is 10.1. The monoisotopic (exact) mass is 277 g/mol. The number of methoxy groups -OCH3 is 1. The minimum atomic E-state index is -0.198. The van der Waals surface area contributed by atoms with Gasteiger partial charge in [0.05, 0.1) is 18.1 Å². The van der Waals surface area contributed by atoms with Crippen molar-refractivity contribution >= 4 is 17.0 Å². The standard InChI is InChI=1S/C14H19N3O3/c1-9(15-7-3-4-13(18)20-2)10-5-6-11-12(8-10)17-14(19)16-11/h5-6,8-9,15H,3-4,7H2,1-2H3,(H2,16,17,19). The number of rotatable bonds is 6. The van der Waals surface area contributed by atoms with E-state index in [9.17, 15) is 9.59 Å². The largest absolute Gasteiger partial charge is 0.469 e. The van der Waals surface area contributed by atoms with Crippen molar-refractivity contribution in [1.82, 2.24) is 15.3 Å². The van der Waals surface area contributed by atoms with Gasteiger partial charge < -0.3 is 20.0 Å². The molecule has 0 spiro atoms. The SMILES string of the molecule is COC(=O)CCCNC(C)c1ccc2[nH]c(=O)[nH]c2c1. The number of H-pyrrole nitrogens is 2. The highest BCUT2D eigenvalue weighted by Gasteiger charge is 2.07. The van der Waals surface area contributed by atoms with E-state index in [-0.39, 0.29) is 17.7 Å². The van der Waals surface area contributed by atoms with E-state index in [1.54, 1.807) is 0 Å². The van der Waals surface area contributed by atoms with Gasteiger partial charge in [-0.15, -0.1) is 0 Å². The highest BCUT2D eigenvalue weighted by molar-refractivity contribution is 5.75. The van der Waals surface area contributed by atoms with Crippen molar-refractivity contribution in [3.8, 4) is 0 Å². The van der Waals surface area contributed by atoms with Crippen LogP contribution < -0.4 is 11.0 Å². The average Bonchev–Trinajstić information content (AvgIpc) is 2.81. The van der Waals surface area contributed by atoms with Crippen LogP contribution in [0.3, 0.4) is 0 Å². The summed E-state index contributed by atoms with van der Waals surface area (Å²) in [6.07, 6.45) is 1.15. The Balaban J connectivity index is 1.91. The second-order valence-corrected chi connectivity index (χ2v) is 4.74. The van der Waals surface area contributed by atoms with Gasteiger partial charge in [-0.3, -0.25) is 4.79 Å². The molecule has 1 unspecified atom stereocenters. The number of hydrogen-bond acceptors (Lipinski definition) is 4. The molecule has 0 radical (unpaired) electrons. The van der Waals surface area contributed by atoms with Crippen molar-refractivity contribution < 1.29 is 9.53 Å². The van der Waals surface area contributed by atoms with E-state index in [4.69, 9.17) is 0 Å². The second kappa shape index (κ2) is 6.38. The Labute approximate surface area is 116 Å². The molecule has 1 atom stereocenters. The average molecular weight is 277 g/mol. The lowest BCUT2D eigenvalue weighted by Gasteiger charge is -2.14. The third-order valence-electron chi connectivity index (χ3n) is 3.28. The zero-order valence-electron chi connectivity index (χ0n) is 11.7. The zero-order chi connectivity index (χ0) is 14.5. The molecule has 20 heavy (non-hydrogen) atoms. The van der Waals surface area contributed by atoms with Crippen molar-refractivity contribution in [1.29, 1.82) is 0 Å². The molecule has 0 fully saturated rings. The molecule has 0 bridgehead atoms. The van der Waals surface area contributed by atoms with Crippen molar-refractivity contribution in [3.63, 3.8) is 0 Å². The Hall–Kier alpha value is -2.08. The third-order valence-corrected chi connectivity index (χ3v) is 3.28. The molecule has 2 rings (SSSR count). The number of esters is 1. The quantitative estimate of drug-likeness (QED) is 0.551. The van der Waals surface area contributed by atoms with Gasteiger partial charge in [0.25, 0.3) is 0 Å². The summed E-state index contributed by atoms with van der Waals surface area (Å²) in [6.45, 7) is 2.78. The van der Waals surface area contributed by atoms with E-state index in [1.165, 1.54) is 7.11 Å². The molecule has 1 heterocycles. The maximum absolute atomic E-state index is 11.2. The number of hydrogen-bond donors (Lipinski definition) is 3. The summed E-state index contributed by atoms with van der Waals surface area (Å²) in [5.41, 5.74) is 2.49. The smallest absolute Gasteiger partial charge is 0.323 e. The Morgan fingerprint density at radius 2 is 2.10 bits per heavy atom. The van der Waals surface area contributed by atoms with Gasteiger partial charge in [0.2, 0.25) is 0 Å². The molecule has 3 N–H and O–H groups in total. The van der Waals surface area contributed by atoms with Crippen LogP contribution >= 0.6 is 0 Å². The molecule has 1 aromatic carbocycles. The maximum atomic E-state index is 11.2. The fourth-order valence-corrected chi connectivity index (χ4v) is 2.09.